The van der Waals surface area contributed by atoms with Gasteiger partial charge in [0.2, 0.25) is 0 Å². The Morgan fingerprint density at radius 2 is 1.45 bits per heavy atom. The van der Waals surface area contributed by atoms with Gasteiger partial charge in [-0.2, -0.15) is 0 Å². The molecule has 1 saturated heterocycles. The summed E-state index contributed by atoms with van der Waals surface area (Å²) in [4.78, 5) is 47.5. The number of benzene rings is 2. The predicted octanol–water partition coefficient (Wildman–Crippen LogP) is 9.48. The average Bonchev–Trinajstić information content (AvgIpc) is 3.45. The molecule has 4 aliphatic rings. The molecule has 2 N–H and O–H groups in total. The summed E-state index contributed by atoms with van der Waals surface area (Å²) in [5.74, 6) is 9.49. The lowest BCUT2D eigenvalue weighted by Gasteiger charge is -2.31. The molecule has 2 aromatic heterocycles. The van der Waals surface area contributed by atoms with Crippen LogP contribution in [0.3, 0.4) is 0 Å². The third-order valence-electron chi connectivity index (χ3n) is 11.8. The molecule has 2 unspecified atom stereocenters. The number of imidazole rings is 2. The van der Waals surface area contributed by atoms with Crippen molar-refractivity contribution in [2.45, 2.75) is 136 Å². The molecule has 3 heterocycles. The van der Waals surface area contributed by atoms with Gasteiger partial charge >= 0.3 is 12.2 Å². The number of aromatic amines is 2. The molecular weight excluding hydrogens is 701 g/mol. The molecule has 1 aliphatic heterocycles. The maximum atomic E-state index is 13.2. The van der Waals surface area contributed by atoms with Gasteiger partial charge in [0.25, 0.3) is 0 Å². The van der Waals surface area contributed by atoms with Crippen LogP contribution in [0.2, 0.25) is 0 Å². The molecule has 2 aromatic carbocycles. The number of aryl methyl sites for hydroxylation is 4. The third-order valence-corrected chi connectivity index (χ3v) is 11.8. The summed E-state index contributed by atoms with van der Waals surface area (Å²) in [5.41, 5.74) is 9.78. The fraction of sp³-hybridized carbons (Fsp3) is 0.522. The van der Waals surface area contributed by atoms with E-state index < -0.39 is 11.2 Å². The minimum absolute atomic E-state index is 0.0801. The first-order valence-electron chi connectivity index (χ1n) is 20.5. The minimum Gasteiger partial charge on any atom is -0.444 e. The van der Waals surface area contributed by atoms with Crippen LogP contribution in [-0.2, 0) is 35.2 Å². The molecule has 56 heavy (non-hydrogen) atoms. The second-order valence-electron chi connectivity index (χ2n) is 18.5. The highest BCUT2D eigenvalue weighted by atomic mass is 16.6. The molecule has 294 valence electrons. The summed E-state index contributed by atoms with van der Waals surface area (Å²) in [6.45, 7) is 15.8. The number of ether oxygens (including phenoxy) is 2. The number of nitrogens with zero attached hydrogens (tertiary/aromatic N) is 4. The van der Waals surface area contributed by atoms with Crippen molar-refractivity contribution in [3.05, 3.63) is 81.7 Å². The lowest BCUT2D eigenvalue weighted by molar-refractivity contribution is 0.0170. The van der Waals surface area contributed by atoms with Crippen LogP contribution < -0.4 is 0 Å². The van der Waals surface area contributed by atoms with Crippen molar-refractivity contribution in [2.75, 3.05) is 7.05 Å². The maximum Gasteiger partial charge on any atom is 0.411 e. The number of H-pyrrole nitrogens is 2. The molecule has 2 fully saturated rings. The van der Waals surface area contributed by atoms with E-state index in [2.05, 4.69) is 72.1 Å². The van der Waals surface area contributed by atoms with Gasteiger partial charge in [0, 0.05) is 46.7 Å². The Bertz CT molecular complexity index is 2240. The Morgan fingerprint density at radius 1 is 0.857 bits per heavy atom. The summed E-state index contributed by atoms with van der Waals surface area (Å²) >= 11 is 0. The largest absolute Gasteiger partial charge is 0.444 e. The molecule has 0 radical (unpaired) electrons. The zero-order valence-electron chi connectivity index (χ0n) is 34.4. The molecule has 0 bridgehead atoms. The maximum absolute atomic E-state index is 13.2. The SMILES string of the molecule is CC[C@@H](C)C[C@@H](c1nc2c([nH]1)CCc1cc(C#Cc3ccc4c(c3)CCc3[nH]c([C@@H]5CC6CC6N5C(=O)OC(C)(C)C)nc3-4)ccc1-2)N(C)C(=O)OC(C)(C)C. The fourth-order valence-electron chi connectivity index (χ4n) is 8.60. The first-order chi connectivity index (χ1) is 26.5. The minimum atomic E-state index is -0.576. The van der Waals surface area contributed by atoms with Gasteiger partial charge in [-0.05, 0) is 134 Å². The topological polar surface area (TPSA) is 116 Å². The first-order valence-corrected chi connectivity index (χ1v) is 20.5. The number of fused-ring (bicyclic) bond motifs is 7. The summed E-state index contributed by atoms with van der Waals surface area (Å²) < 4.78 is 11.5. The van der Waals surface area contributed by atoms with Gasteiger partial charge in [-0.15, -0.1) is 0 Å². The van der Waals surface area contributed by atoms with E-state index in [0.29, 0.717) is 11.8 Å². The standard InChI is InChI=1S/C46H56N6O4/c1-10-26(2)21-37(51(9)43(53)55-45(3,4)5)41-47-34-19-15-29-22-27(13-17-32(29)39(34)49-41)11-12-28-14-18-33-30(23-28)16-20-35-40(33)50-42(48-35)38-25-31-24-36(31)52(38)44(54)56-46(6,7)8/h13-14,17-18,22-23,26,31,36-38H,10,15-16,19-21,24-25H2,1-9H3,(H,47,49)(H,48,50)/t26-,31?,36?,37+,38+/m1/s1. The number of piperidine rings is 1. The van der Waals surface area contributed by atoms with E-state index >= 15 is 0 Å². The highest BCUT2D eigenvalue weighted by Gasteiger charge is 2.56. The third kappa shape index (κ3) is 7.57. The van der Waals surface area contributed by atoms with E-state index in [4.69, 9.17) is 19.4 Å². The zero-order chi connectivity index (χ0) is 39.7. The van der Waals surface area contributed by atoms with E-state index in [-0.39, 0.29) is 30.3 Å². The van der Waals surface area contributed by atoms with Crippen LogP contribution in [0.5, 0.6) is 0 Å². The van der Waals surface area contributed by atoms with Crippen LogP contribution in [0, 0.1) is 23.7 Å². The van der Waals surface area contributed by atoms with Crippen molar-refractivity contribution in [3.63, 3.8) is 0 Å². The highest BCUT2D eigenvalue weighted by Crippen LogP contribution is 2.54. The van der Waals surface area contributed by atoms with Crippen LogP contribution in [0.25, 0.3) is 22.5 Å². The van der Waals surface area contributed by atoms with Crippen molar-refractivity contribution < 1.29 is 19.1 Å². The first kappa shape index (κ1) is 37.9. The summed E-state index contributed by atoms with van der Waals surface area (Å²) in [7, 11) is 1.82. The average molecular weight is 757 g/mol. The molecule has 8 rings (SSSR count). The fourth-order valence-corrected chi connectivity index (χ4v) is 8.60. The van der Waals surface area contributed by atoms with Gasteiger partial charge in [-0.1, -0.05) is 44.2 Å². The normalized spacial score (nSPS) is 20.3. The van der Waals surface area contributed by atoms with Crippen molar-refractivity contribution in [2.24, 2.45) is 11.8 Å². The van der Waals surface area contributed by atoms with Crippen LogP contribution in [-0.4, -0.2) is 66.2 Å². The summed E-state index contributed by atoms with van der Waals surface area (Å²) in [5, 5.41) is 0. The molecule has 3 aliphatic carbocycles. The monoisotopic (exact) mass is 756 g/mol. The number of aromatic nitrogens is 4. The molecule has 10 heteroatoms. The Hall–Kier alpha value is -5.04. The quantitative estimate of drug-likeness (QED) is 0.190. The number of hydrogen-bond acceptors (Lipinski definition) is 6. The van der Waals surface area contributed by atoms with E-state index in [1.54, 1.807) is 4.90 Å². The smallest absolute Gasteiger partial charge is 0.411 e. The molecule has 10 nitrogen and oxygen atoms in total. The van der Waals surface area contributed by atoms with Gasteiger partial charge in [-0.3, -0.25) is 4.90 Å². The lowest BCUT2D eigenvalue weighted by Crippen LogP contribution is -2.38. The van der Waals surface area contributed by atoms with Gasteiger partial charge in [0.1, 0.15) is 22.9 Å². The Kier molecular flexibility index (Phi) is 9.57. The van der Waals surface area contributed by atoms with Crippen LogP contribution in [0.1, 0.15) is 138 Å². The van der Waals surface area contributed by atoms with Crippen molar-refractivity contribution >= 4 is 12.2 Å². The number of rotatable bonds is 6. The Balaban J connectivity index is 0.993. The predicted molar refractivity (Wildman–Crippen MR) is 217 cm³/mol. The summed E-state index contributed by atoms with van der Waals surface area (Å²) in [6.07, 6.45) is 6.72. The number of carbonyl (C=O) groups excluding carboxylic acids is 2. The number of nitrogens with one attached hydrogen (secondary N) is 2. The number of likely N-dealkylation sites (tertiary alicyclic amines) is 1. The Labute approximate surface area is 331 Å². The van der Waals surface area contributed by atoms with E-state index in [0.717, 1.165) is 108 Å². The van der Waals surface area contributed by atoms with Crippen molar-refractivity contribution in [1.82, 2.24) is 29.7 Å². The zero-order valence-corrected chi connectivity index (χ0v) is 34.4. The second-order valence-corrected chi connectivity index (χ2v) is 18.5. The second kappa shape index (κ2) is 14.2. The number of hydrogen-bond donors (Lipinski definition) is 2. The molecule has 1 saturated carbocycles. The van der Waals surface area contributed by atoms with E-state index in [1.807, 2.05) is 53.5 Å². The number of amides is 2. The van der Waals surface area contributed by atoms with Gasteiger partial charge in [0.15, 0.2) is 0 Å². The van der Waals surface area contributed by atoms with Crippen molar-refractivity contribution in [1.29, 1.82) is 0 Å². The molecular formula is C46H56N6O4. The van der Waals surface area contributed by atoms with Crippen LogP contribution in [0.4, 0.5) is 9.59 Å². The van der Waals surface area contributed by atoms with Gasteiger partial charge in [-0.25, -0.2) is 19.6 Å². The molecule has 0 spiro atoms. The van der Waals surface area contributed by atoms with Crippen LogP contribution >= 0.6 is 0 Å². The highest BCUT2D eigenvalue weighted by molar-refractivity contribution is 5.73. The molecule has 5 atom stereocenters. The number of carbonyl (C=O) groups is 2. The lowest BCUT2D eigenvalue weighted by atomic mass is 9.90. The van der Waals surface area contributed by atoms with Gasteiger partial charge in [0.05, 0.1) is 23.5 Å². The van der Waals surface area contributed by atoms with Gasteiger partial charge < -0.3 is 24.3 Å². The molecule has 4 aromatic rings. The van der Waals surface area contributed by atoms with Crippen molar-refractivity contribution in [3.8, 4) is 34.4 Å². The van der Waals surface area contributed by atoms with Crippen LogP contribution in [0.15, 0.2) is 36.4 Å². The molecule has 2 amide bonds. The Morgan fingerprint density at radius 3 is 2.04 bits per heavy atom. The van der Waals surface area contributed by atoms with E-state index in [1.165, 1.54) is 11.1 Å². The van der Waals surface area contributed by atoms with E-state index in [9.17, 15) is 9.59 Å². The summed E-state index contributed by atoms with van der Waals surface area (Å²) in [6, 6.07) is 12.8.